The lowest BCUT2D eigenvalue weighted by molar-refractivity contribution is -0.383. The molecule has 110 valence electrons. The van der Waals surface area contributed by atoms with Gasteiger partial charge in [0.2, 0.25) is 0 Å². The van der Waals surface area contributed by atoms with Gasteiger partial charge in [-0.2, -0.15) is 0 Å². The van der Waals surface area contributed by atoms with Crippen molar-refractivity contribution in [2.75, 3.05) is 32.0 Å². The van der Waals surface area contributed by atoms with Crippen molar-refractivity contribution in [1.82, 2.24) is 9.88 Å². The van der Waals surface area contributed by atoms with E-state index < -0.39 is 0 Å². The molecule has 6 nitrogen and oxygen atoms in total. The molecule has 1 fully saturated rings. The number of nitro benzene ring substituents is 1. The number of nitrogens with one attached hydrogen (secondary N) is 1. The van der Waals surface area contributed by atoms with Crippen LogP contribution < -0.4 is 5.32 Å². The fraction of sp³-hybridized carbons (Fsp3) is 0.400. The zero-order valence-corrected chi connectivity index (χ0v) is 12.0. The van der Waals surface area contributed by atoms with Gasteiger partial charge >= 0.3 is 0 Å². The molecule has 0 spiro atoms. The molecule has 0 radical (unpaired) electrons. The Bertz CT molecular complexity index is 674. The van der Waals surface area contributed by atoms with Crippen LogP contribution in [0.15, 0.2) is 30.6 Å². The zero-order valence-electron chi connectivity index (χ0n) is 12.0. The Balaban J connectivity index is 1.86. The van der Waals surface area contributed by atoms with E-state index in [2.05, 4.69) is 22.2 Å². The Morgan fingerprint density at radius 2 is 2.29 bits per heavy atom. The summed E-state index contributed by atoms with van der Waals surface area (Å²) in [5, 5.41) is 16.0. The Morgan fingerprint density at radius 1 is 1.43 bits per heavy atom. The number of hydrogen-bond acceptors (Lipinski definition) is 5. The Kier molecular flexibility index (Phi) is 3.70. The molecule has 1 aromatic carbocycles. The summed E-state index contributed by atoms with van der Waals surface area (Å²) in [5.41, 5.74) is 1.04. The first-order chi connectivity index (χ1) is 10.1. The Morgan fingerprint density at radius 3 is 3.00 bits per heavy atom. The fourth-order valence-electron chi connectivity index (χ4n) is 2.94. The number of likely N-dealkylation sites (tertiary alicyclic amines) is 1. The third-order valence-electron chi connectivity index (χ3n) is 4.06. The van der Waals surface area contributed by atoms with Gasteiger partial charge in [-0.1, -0.05) is 0 Å². The minimum absolute atomic E-state index is 0.101. The third kappa shape index (κ3) is 2.80. The van der Waals surface area contributed by atoms with Gasteiger partial charge in [0.05, 0.1) is 10.3 Å². The molecule has 1 atom stereocenters. The topological polar surface area (TPSA) is 71.3 Å². The van der Waals surface area contributed by atoms with Crippen LogP contribution in [0.4, 0.5) is 11.4 Å². The van der Waals surface area contributed by atoms with Gasteiger partial charge in [0.1, 0.15) is 0 Å². The molecule has 3 rings (SSSR count). The number of hydrogen-bond donors (Lipinski definition) is 1. The van der Waals surface area contributed by atoms with Crippen molar-refractivity contribution < 1.29 is 4.92 Å². The molecule has 1 saturated heterocycles. The van der Waals surface area contributed by atoms with Crippen LogP contribution >= 0.6 is 0 Å². The van der Waals surface area contributed by atoms with Crippen molar-refractivity contribution in [3.05, 3.63) is 40.7 Å². The van der Waals surface area contributed by atoms with Gasteiger partial charge in [-0.05, 0) is 38.1 Å². The SMILES string of the molecule is CN1CCC(CNc2ccc([N+](=O)[O-])c3cnccc23)C1. The average Bonchev–Trinajstić information content (AvgIpc) is 2.90. The van der Waals surface area contributed by atoms with E-state index in [1.807, 2.05) is 6.07 Å². The molecule has 0 bridgehead atoms. The highest BCUT2D eigenvalue weighted by Gasteiger charge is 2.20. The van der Waals surface area contributed by atoms with Crippen LogP contribution in [0.25, 0.3) is 10.8 Å². The molecule has 6 heteroatoms. The van der Waals surface area contributed by atoms with Crippen molar-refractivity contribution in [2.45, 2.75) is 6.42 Å². The highest BCUT2D eigenvalue weighted by molar-refractivity contribution is 5.99. The normalized spacial score (nSPS) is 19.0. The van der Waals surface area contributed by atoms with E-state index in [4.69, 9.17) is 0 Å². The quantitative estimate of drug-likeness (QED) is 0.690. The first-order valence-corrected chi connectivity index (χ1v) is 7.08. The zero-order chi connectivity index (χ0) is 14.8. The molecule has 1 aliphatic rings. The van der Waals surface area contributed by atoms with E-state index in [1.54, 1.807) is 24.5 Å². The highest BCUT2D eigenvalue weighted by atomic mass is 16.6. The van der Waals surface area contributed by atoms with Crippen LogP contribution in [0.2, 0.25) is 0 Å². The van der Waals surface area contributed by atoms with E-state index in [0.29, 0.717) is 11.3 Å². The largest absolute Gasteiger partial charge is 0.384 e. The lowest BCUT2D eigenvalue weighted by Gasteiger charge is -2.14. The van der Waals surface area contributed by atoms with Gasteiger partial charge in [-0.3, -0.25) is 15.1 Å². The molecule has 1 unspecified atom stereocenters. The number of fused-ring (bicyclic) bond motifs is 1. The van der Waals surface area contributed by atoms with Crippen molar-refractivity contribution in [3.63, 3.8) is 0 Å². The predicted molar refractivity (Wildman–Crippen MR) is 82.5 cm³/mol. The third-order valence-corrected chi connectivity index (χ3v) is 4.06. The molecular weight excluding hydrogens is 268 g/mol. The molecule has 0 saturated carbocycles. The van der Waals surface area contributed by atoms with Crippen LogP contribution in [0, 0.1) is 16.0 Å². The second-order valence-corrected chi connectivity index (χ2v) is 5.61. The van der Waals surface area contributed by atoms with Crippen molar-refractivity contribution in [1.29, 1.82) is 0 Å². The number of non-ortho nitro benzene ring substituents is 1. The summed E-state index contributed by atoms with van der Waals surface area (Å²) >= 11 is 0. The lowest BCUT2D eigenvalue weighted by Crippen LogP contribution is -2.19. The van der Waals surface area contributed by atoms with Crippen LogP contribution in [-0.2, 0) is 0 Å². The molecule has 2 heterocycles. The number of rotatable bonds is 4. The van der Waals surface area contributed by atoms with E-state index in [0.717, 1.165) is 30.7 Å². The van der Waals surface area contributed by atoms with E-state index in [-0.39, 0.29) is 10.6 Å². The smallest absolute Gasteiger partial charge is 0.278 e. The van der Waals surface area contributed by atoms with Crippen LogP contribution in [0.5, 0.6) is 0 Å². The van der Waals surface area contributed by atoms with Gasteiger partial charge in [0.25, 0.3) is 5.69 Å². The van der Waals surface area contributed by atoms with Crippen LogP contribution in [0.1, 0.15) is 6.42 Å². The summed E-state index contributed by atoms with van der Waals surface area (Å²) in [4.78, 5) is 17.0. The summed E-state index contributed by atoms with van der Waals surface area (Å²) in [6, 6.07) is 5.16. The summed E-state index contributed by atoms with van der Waals surface area (Å²) in [6.45, 7) is 3.12. The Hall–Kier alpha value is -2.21. The van der Waals surface area contributed by atoms with Crippen LogP contribution in [-0.4, -0.2) is 41.5 Å². The van der Waals surface area contributed by atoms with E-state index in [9.17, 15) is 10.1 Å². The van der Waals surface area contributed by atoms with Gasteiger partial charge < -0.3 is 10.2 Å². The molecular formula is C15H18N4O2. The van der Waals surface area contributed by atoms with Crippen molar-refractivity contribution in [3.8, 4) is 0 Å². The molecule has 21 heavy (non-hydrogen) atoms. The standard InChI is InChI=1S/C15H18N4O2/c1-18-7-5-11(10-18)8-17-14-2-3-15(19(20)21)13-9-16-6-4-12(13)14/h2-4,6,9,11,17H,5,7-8,10H2,1H3. The number of nitro groups is 1. The molecule has 1 N–H and O–H groups in total. The first kappa shape index (κ1) is 13.8. The number of aromatic nitrogens is 1. The maximum atomic E-state index is 11.1. The maximum absolute atomic E-state index is 11.1. The Labute approximate surface area is 122 Å². The predicted octanol–water partition coefficient (Wildman–Crippen LogP) is 2.51. The molecule has 0 aliphatic carbocycles. The minimum Gasteiger partial charge on any atom is -0.384 e. The molecule has 0 amide bonds. The first-order valence-electron chi connectivity index (χ1n) is 7.08. The van der Waals surface area contributed by atoms with E-state index in [1.165, 1.54) is 6.42 Å². The lowest BCUT2D eigenvalue weighted by atomic mass is 10.1. The van der Waals surface area contributed by atoms with Crippen LogP contribution in [0.3, 0.4) is 0 Å². The molecule has 1 aliphatic heterocycles. The second-order valence-electron chi connectivity index (χ2n) is 5.61. The number of benzene rings is 1. The summed E-state index contributed by atoms with van der Waals surface area (Å²) in [6.07, 6.45) is 4.42. The minimum atomic E-state index is -0.361. The van der Waals surface area contributed by atoms with Gasteiger partial charge in [0.15, 0.2) is 0 Å². The van der Waals surface area contributed by atoms with Gasteiger partial charge in [-0.25, -0.2) is 0 Å². The number of anilines is 1. The van der Waals surface area contributed by atoms with Gasteiger partial charge in [0, 0.05) is 42.6 Å². The average molecular weight is 286 g/mol. The van der Waals surface area contributed by atoms with E-state index >= 15 is 0 Å². The number of nitrogens with zero attached hydrogens (tertiary/aromatic N) is 3. The second kappa shape index (κ2) is 5.65. The summed E-state index contributed by atoms with van der Waals surface area (Å²) in [7, 11) is 2.13. The summed E-state index contributed by atoms with van der Waals surface area (Å²) < 4.78 is 0. The van der Waals surface area contributed by atoms with Crippen molar-refractivity contribution >= 4 is 22.1 Å². The molecule has 1 aromatic heterocycles. The van der Waals surface area contributed by atoms with Gasteiger partial charge in [-0.15, -0.1) is 0 Å². The highest BCUT2D eigenvalue weighted by Crippen LogP contribution is 2.31. The monoisotopic (exact) mass is 286 g/mol. The fourth-order valence-corrected chi connectivity index (χ4v) is 2.94. The van der Waals surface area contributed by atoms with Crippen molar-refractivity contribution in [2.24, 2.45) is 5.92 Å². The number of pyridine rings is 1. The maximum Gasteiger partial charge on any atom is 0.278 e. The summed E-state index contributed by atoms with van der Waals surface area (Å²) in [5.74, 6) is 0.627. The molecule has 2 aromatic rings.